The third-order valence-corrected chi connectivity index (χ3v) is 3.67. The summed E-state index contributed by atoms with van der Waals surface area (Å²) in [6.07, 6.45) is -10.4. The summed E-state index contributed by atoms with van der Waals surface area (Å²) in [4.78, 5) is 22.1. The first-order valence-corrected chi connectivity index (χ1v) is 7.50. The molecule has 0 bridgehead atoms. The smallest absolute Gasteiger partial charge is 0.420 e. The summed E-state index contributed by atoms with van der Waals surface area (Å²) in [6, 6.07) is 10.4. The molecule has 0 aliphatic carbocycles. The number of carbonyl (C=O) groups is 2. The van der Waals surface area contributed by atoms with Gasteiger partial charge in [-0.25, -0.2) is 9.59 Å². The van der Waals surface area contributed by atoms with Gasteiger partial charge in [-0.05, 0) is 40.4 Å². The molecule has 4 nitrogen and oxygen atoms in total. The van der Waals surface area contributed by atoms with Crippen molar-refractivity contribution in [3.05, 3.63) is 48.5 Å². The molecule has 0 aromatic heterocycles. The lowest BCUT2D eigenvalue weighted by Crippen LogP contribution is -2.28. The van der Waals surface area contributed by atoms with Crippen molar-refractivity contribution in [1.82, 2.24) is 0 Å². The van der Waals surface area contributed by atoms with Crippen LogP contribution in [0.25, 0.3) is 21.5 Å². The fourth-order valence-electron chi connectivity index (χ4n) is 2.53. The molecule has 0 amide bonds. The van der Waals surface area contributed by atoms with Crippen molar-refractivity contribution < 1.29 is 45.4 Å². The molecular formula is C18H8F6O4. The zero-order valence-electron chi connectivity index (χ0n) is 13.5. The first-order chi connectivity index (χ1) is 13.0. The number of hydrogen-bond acceptors (Lipinski definition) is 4. The van der Waals surface area contributed by atoms with E-state index in [4.69, 9.17) is 0 Å². The zero-order chi connectivity index (χ0) is 20.7. The summed E-state index contributed by atoms with van der Waals surface area (Å²) in [5.41, 5.74) is 0. The first-order valence-electron chi connectivity index (χ1n) is 7.50. The number of halogens is 6. The second-order valence-electron chi connectivity index (χ2n) is 5.58. The Labute approximate surface area is 152 Å². The molecule has 0 saturated heterocycles. The van der Waals surface area contributed by atoms with Crippen LogP contribution in [0.5, 0.6) is 11.5 Å². The van der Waals surface area contributed by atoms with Crippen molar-refractivity contribution in [3.63, 3.8) is 0 Å². The molecule has 28 heavy (non-hydrogen) atoms. The van der Waals surface area contributed by atoms with Gasteiger partial charge in [-0.1, -0.05) is 24.3 Å². The van der Waals surface area contributed by atoms with E-state index >= 15 is 0 Å². The molecule has 146 valence electrons. The van der Waals surface area contributed by atoms with Crippen LogP contribution in [0.1, 0.15) is 0 Å². The molecule has 3 aromatic carbocycles. The molecule has 0 radical (unpaired) electrons. The number of fused-ring (bicyclic) bond motifs is 3. The maximum atomic E-state index is 12.5. The Morgan fingerprint density at radius 3 is 1.96 bits per heavy atom. The number of rotatable bonds is 2. The van der Waals surface area contributed by atoms with Crippen LogP contribution >= 0.6 is 0 Å². The number of esters is 2. The van der Waals surface area contributed by atoms with Crippen LogP contribution in [-0.4, -0.2) is 24.3 Å². The van der Waals surface area contributed by atoms with Gasteiger partial charge in [-0.3, -0.25) is 0 Å². The summed E-state index contributed by atoms with van der Waals surface area (Å²) in [7, 11) is 0. The predicted octanol–water partition coefficient (Wildman–Crippen LogP) is 4.93. The van der Waals surface area contributed by atoms with E-state index in [0.717, 1.165) is 18.2 Å². The van der Waals surface area contributed by atoms with Gasteiger partial charge in [-0.15, -0.1) is 0 Å². The summed E-state index contributed by atoms with van der Waals surface area (Å²) in [5.74, 6) is -5.59. The van der Waals surface area contributed by atoms with Crippen LogP contribution in [0.4, 0.5) is 26.3 Å². The number of benzene rings is 3. The van der Waals surface area contributed by atoms with Gasteiger partial charge in [0.2, 0.25) is 0 Å². The molecule has 0 N–H and O–H groups in total. The topological polar surface area (TPSA) is 52.6 Å². The molecule has 0 atom stereocenters. The van der Waals surface area contributed by atoms with E-state index < -0.39 is 30.0 Å². The maximum absolute atomic E-state index is 12.5. The molecule has 0 fully saturated rings. The van der Waals surface area contributed by atoms with Crippen LogP contribution in [0, 0.1) is 0 Å². The van der Waals surface area contributed by atoms with Crippen LogP contribution < -0.4 is 9.47 Å². The molecule has 0 aliphatic heterocycles. The highest BCUT2D eigenvalue weighted by molar-refractivity contribution is 6.11. The van der Waals surface area contributed by atoms with E-state index in [9.17, 15) is 35.9 Å². The van der Waals surface area contributed by atoms with Gasteiger partial charge in [0.1, 0.15) is 11.5 Å². The predicted molar refractivity (Wildman–Crippen MR) is 84.8 cm³/mol. The molecule has 0 heterocycles. The molecule has 0 aliphatic rings. The second kappa shape index (κ2) is 6.70. The van der Waals surface area contributed by atoms with Gasteiger partial charge < -0.3 is 9.47 Å². The zero-order valence-corrected chi connectivity index (χ0v) is 13.5. The third kappa shape index (κ3) is 3.85. The monoisotopic (exact) mass is 402 g/mol. The van der Waals surface area contributed by atoms with Gasteiger partial charge in [-0.2, -0.15) is 26.3 Å². The van der Waals surface area contributed by atoms with Crippen molar-refractivity contribution in [3.8, 4) is 11.5 Å². The summed E-state index contributed by atoms with van der Waals surface area (Å²) in [6.45, 7) is 0. The van der Waals surface area contributed by atoms with E-state index in [1.54, 1.807) is 6.07 Å². The van der Waals surface area contributed by atoms with Crippen LogP contribution in [0.3, 0.4) is 0 Å². The van der Waals surface area contributed by atoms with Crippen molar-refractivity contribution >= 4 is 33.5 Å². The minimum Gasteiger partial charge on any atom is -0.420 e. The van der Waals surface area contributed by atoms with E-state index in [2.05, 4.69) is 9.47 Å². The minimum atomic E-state index is -5.20. The molecule has 3 rings (SSSR count). The third-order valence-electron chi connectivity index (χ3n) is 3.67. The Hall–Kier alpha value is -3.30. The van der Waals surface area contributed by atoms with Crippen LogP contribution in [0.15, 0.2) is 48.5 Å². The molecule has 10 heteroatoms. The van der Waals surface area contributed by atoms with Gasteiger partial charge in [0.05, 0.1) is 0 Å². The summed E-state index contributed by atoms with van der Waals surface area (Å²) in [5, 5.41) is 1.12. The highest BCUT2D eigenvalue weighted by Gasteiger charge is 2.42. The maximum Gasteiger partial charge on any atom is 0.491 e. The Morgan fingerprint density at radius 2 is 1.32 bits per heavy atom. The average molecular weight is 402 g/mol. The number of ether oxygens (including phenoxy) is 2. The lowest BCUT2D eigenvalue weighted by Gasteiger charge is -2.12. The quantitative estimate of drug-likeness (QED) is 0.264. The average Bonchev–Trinajstić information content (AvgIpc) is 2.59. The van der Waals surface area contributed by atoms with Crippen LogP contribution in [0.2, 0.25) is 0 Å². The molecule has 0 saturated carbocycles. The molecule has 3 aromatic rings. The number of hydrogen-bond donors (Lipinski definition) is 0. The van der Waals surface area contributed by atoms with Gasteiger partial charge in [0.15, 0.2) is 0 Å². The Kier molecular flexibility index (Phi) is 4.66. The normalized spacial score (nSPS) is 12.2. The first kappa shape index (κ1) is 19.5. The van der Waals surface area contributed by atoms with E-state index in [0.29, 0.717) is 5.39 Å². The molecule has 0 spiro atoms. The number of carbonyl (C=O) groups excluding carboxylic acids is 2. The Bertz CT molecular complexity index is 1090. The van der Waals surface area contributed by atoms with E-state index in [1.165, 1.54) is 24.3 Å². The largest absolute Gasteiger partial charge is 0.491 e. The van der Waals surface area contributed by atoms with Crippen molar-refractivity contribution in [2.45, 2.75) is 12.4 Å². The highest BCUT2D eigenvalue weighted by atomic mass is 19.4. The standard InChI is InChI=1S/C18H8F6O4/c19-17(20,21)15(25)27-11-6-7-12-10(8-11)5-4-9-2-1-3-13(14(9)12)28-16(26)18(22,23)24/h1-8H. The Morgan fingerprint density at radius 1 is 0.714 bits per heavy atom. The highest BCUT2D eigenvalue weighted by Crippen LogP contribution is 2.35. The summed E-state index contributed by atoms with van der Waals surface area (Å²) >= 11 is 0. The van der Waals surface area contributed by atoms with E-state index in [1.807, 2.05) is 0 Å². The van der Waals surface area contributed by atoms with Gasteiger partial charge in [0.25, 0.3) is 0 Å². The van der Waals surface area contributed by atoms with Crippen LogP contribution in [-0.2, 0) is 9.59 Å². The Balaban J connectivity index is 2.08. The fraction of sp³-hybridized carbons (Fsp3) is 0.111. The summed E-state index contributed by atoms with van der Waals surface area (Å²) < 4.78 is 83.1. The second-order valence-corrected chi connectivity index (χ2v) is 5.58. The minimum absolute atomic E-state index is 0.145. The SMILES string of the molecule is O=C(Oc1ccc2c(ccc3cccc(OC(=O)C(F)(F)F)c32)c1)C(F)(F)F. The molecule has 0 unspecified atom stereocenters. The van der Waals surface area contributed by atoms with Gasteiger partial charge >= 0.3 is 24.3 Å². The van der Waals surface area contributed by atoms with Crippen molar-refractivity contribution in [2.75, 3.05) is 0 Å². The van der Waals surface area contributed by atoms with Gasteiger partial charge in [0, 0.05) is 5.39 Å². The van der Waals surface area contributed by atoms with Crippen molar-refractivity contribution in [2.24, 2.45) is 0 Å². The number of alkyl halides is 6. The lowest BCUT2D eigenvalue weighted by molar-refractivity contribution is -0.189. The van der Waals surface area contributed by atoms with E-state index in [-0.39, 0.29) is 21.9 Å². The van der Waals surface area contributed by atoms with Crippen molar-refractivity contribution in [1.29, 1.82) is 0 Å². The lowest BCUT2D eigenvalue weighted by atomic mass is 10.0. The fourth-order valence-corrected chi connectivity index (χ4v) is 2.53. The molecular weight excluding hydrogens is 394 g/mol.